The van der Waals surface area contributed by atoms with Crippen molar-refractivity contribution in [3.05, 3.63) is 16.5 Å². The highest BCUT2D eigenvalue weighted by Crippen LogP contribution is 2.65. The van der Waals surface area contributed by atoms with Gasteiger partial charge in [-0.3, -0.25) is 4.79 Å². The lowest BCUT2D eigenvalue weighted by molar-refractivity contribution is -0.127. The molecule has 2 N–H and O–H groups in total. The van der Waals surface area contributed by atoms with Crippen LogP contribution in [0.2, 0.25) is 0 Å². The standard InChI is InChI=1S/C19H25NO3S/c1-18(2,3)14-7-13(16(21)22)15(24-14)20-17(23)19-8-10-4-11(9-19)6-12(19)5-10/h7,10-12H,4-6,8-9H2,1-3H3,(H,20,23)(H,21,22)/t10-,11?,12?,19?/m1/s1. The van der Waals surface area contributed by atoms with Crippen molar-refractivity contribution in [2.75, 3.05) is 5.32 Å². The minimum Gasteiger partial charge on any atom is -0.478 e. The molecule has 4 fully saturated rings. The van der Waals surface area contributed by atoms with E-state index < -0.39 is 5.97 Å². The van der Waals surface area contributed by atoms with Crippen LogP contribution in [-0.2, 0) is 10.2 Å². The lowest BCUT2D eigenvalue weighted by Crippen LogP contribution is -2.37. The summed E-state index contributed by atoms with van der Waals surface area (Å²) in [7, 11) is 0. The van der Waals surface area contributed by atoms with Gasteiger partial charge in [-0.05, 0) is 61.3 Å². The molecule has 0 radical (unpaired) electrons. The van der Waals surface area contributed by atoms with Crippen LogP contribution in [0, 0.1) is 23.2 Å². The summed E-state index contributed by atoms with van der Waals surface area (Å²) in [6.45, 7) is 6.19. The second-order valence-corrected chi connectivity index (χ2v) is 10.1. The molecule has 4 saturated carbocycles. The lowest BCUT2D eigenvalue weighted by atomic mass is 9.75. The van der Waals surface area contributed by atoms with Crippen molar-refractivity contribution in [3.8, 4) is 0 Å². The number of carbonyl (C=O) groups excluding carboxylic acids is 1. The number of thiophene rings is 1. The van der Waals surface area contributed by atoms with Crippen molar-refractivity contribution in [2.45, 2.75) is 58.3 Å². The minimum atomic E-state index is -0.966. The Kier molecular flexibility index (Phi) is 3.41. The van der Waals surface area contributed by atoms with Gasteiger partial charge in [-0.15, -0.1) is 11.3 Å². The Balaban J connectivity index is 1.63. The summed E-state index contributed by atoms with van der Waals surface area (Å²) < 4.78 is 0. The van der Waals surface area contributed by atoms with Crippen LogP contribution in [-0.4, -0.2) is 17.0 Å². The van der Waals surface area contributed by atoms with Crippen LogP contribution in [0.3, 0.4) is 0 Å². The Morgan fingerprint density at radius 3 is 2.38 bits per heavy atom. The van der Waals surface area contributed by atoms with Crippen LogP contribution < -0.4 is 5.32 Å². The number of hydrogen-bond acceptors (Lipinski definition) is 3. The van der Waals surface area contributed by atoms with Crippen molar-refractivity contribution in [1.82, 2.24) is 0 Å². The molecule has 0 spiro atoms. The molecule has 1 aromatic rings. The zero-order chi connectivity index (χ0) is 17.3. The molecule has 4 aliphatic carbocycles. The topological polar surface area (TPSA) is 66.4 Å². The Bertz CT molecular complexity index is 701. The summed E-state index contributed by atoms with van der Waals surface area (Å²) in [5.41, 5.74) is -0.122. The molecule has 0 aromatic carbocycles. The molecule has 1 heterocycles. The maximum absolute atomic E-state index is 13.1. The van der Waals surface area contributed by atoms with Crippen molar-refractivity contribution in [1.29, 1.82) is 0 Å². The number of rotatable bonds is 3. The maximum atomic E-state index is 13.1. The maximum Gasteiger partial charge on any atom is 0.338 e. The zero-order valence-corrected chi connectivity index (χ0v) is 15.3. The second kappa shape index (κ2) is 5.07. The molecule has 5 rings (SSSR count). The summed E-state index contributed by atoms with van der Waals surface area (Å²) in [5, 5.41) is 13.1. The molecule has 0 aliphatic heterocycles. The van der Waals surface area contributed by atoms with Gasteiger partial charge in [0.2, 0.25) is 5.91 Å². The van der Waals surface area contributed by atoms with Gasteiger partial charge < -0.3 is 10.4 Å². The van der Waals surface area contributed by atoms with Crippen molar-refractivity contribution in [2.24, 2.45) is 23.2 Å². The number of amides is 1. The van der Waals surface area contributed by atoms with Gasteiger partial charge >= 0.3 is 5.97 Å². The van der Waals surface area contributed by atoms with Crippen LogP contribution in [0.25, 0.3) is 0 Å². The predicted molar refractivity (Wildman–Crippen MR) is 94.6 cm³/mol. The second-order valence-electron chi connectivity index (χ2n) is 9.06. The molecule has 5 heteroatoms. The van der Waals surface area contributed by atoms with Gasteiger partial charge in [0.15, 0.2) is 0 Å². The third-order valence-corrected chi connectivity index (χ3v) is 7.85. The van der Waals surface area contributed by atoms with E-state index in [0.29, 0.717) is 22.8 Å². The van der Waals surface area contributed by atoms with E-state index in [0.717, 1.165) is 17.7 Å². The fourth-order valence-corrected chi connectivity index (χ4v) is 6.51. The number of hydrogen-bond donors (Lipinski definition) is 2. The van der Waals surface area contributed by atoms with Gasteiger partial charge in [0.1, 0.15) is 5.00 Å². The Labute approximate surface area is 146 Å². The van der Waals surface area contributed by atoms with Crippen LogP contribution in [0.1, 0.15) is 68.1 Å². The summed E-state index contributed by atoms with van der Waals surface area (Å²) in [6.07, 6.45) is 5.67. The number of aromatic carboxylic acids is 1. The van der Waals surface area contributed by atoms with Gasteiger partial charge in [0.25, 0.3) is 0 Å². The smallest absolute Gasteiger partial charge is 0.338 e. The van der Waals surface area contributed by atoms with Gasteiger partial charge in [0.05, 0.1) is 11.0 Å². The molecular weight excluding hydrogens is 322 g/mol. The summed E-state index contributed by atoms with van der Waals surface area (Å²) >= 11 is 1.41. The van der Waals surface area contributed by atoms with Crippen LogP contribution in [0.5, 0.6) is 0 Å². The highest BCUT2D eigenvalue weighted by molar-refractivity contribution is 7.16. The molecule has 130 valence electrons. The minimum absolute atomic E-state index is 0.0713. The molecule has 4 aliphatic rings. The number of nitrogens with one attached hydrogen (secondary N) is 1. The Hall–Kier alpha value is -1.36. The first-order valence-electron chi connectivity index (χ1n) is 8.88. The number of anilines is 1. The molecule has 4 atom stereocenters. The van der Waals surface area contributed by atoms with Gasteiger partial charge in [-0.2, -0.15) is 0 Å². The SMILES string of the molecule is CC(C)(C)c1cc(C(=O)O)c(NC(=O)C23CC4CC2C[C@@H](C4)C3)s1. The van der Waals surface area contributed by atoms with E-state index in [2.05, 4.69) is 26.1 Å². The number of carboxylic acids is 1. The van der Waals surface area contributed by atoms with Crippen molar-refractivity contribution < 1.29 is 14.7 Å². The fraction of sp³-hybridized carbons (Fsp3) is 0.684. The van der Waals surface area contributed by atoms with Crippen molar-refractivity contribution >= 4 is 28.2 Å². The first-order chi connectivity index (χ1) is 11.2. The van der Waals surface area contributed by atoms with Crippen LogP contribution in [0.4, 0.5) is 5.00 Å². The third kappa shape index (κ3) is 2.32. The summed E-state index contributed by atoms with van der Waals surface area (Å²) in [4.78, 5) is 25.7. The van der Waals surface area contributed by atoms with Gasteiger partial charge in [-0.25, -0.2) is 4.79 Å². The molecular formula is C19H25NO3S. The largest absolute Gasteiger partial charge is 0.478 e. The highest BCUT2D eigenvalue weighted by atomic mass is 32.1. The summed E-state index contributed by atoms with van der Waals surface area (Å²) in [5.74, 6) is 1.03. The first-order valence-corrected chi connectivity index (χ1v) is 9.70. The van der Waals surface area contributed by atoms with E-state index in [1.54, 1.807) is 6.07 Å². The molecule has 0 saturated heterocycles. The van der Waals surface area contributed by atoms with Crippen LogP contribution in [0.15, 0.2) is 6.07 Å². The number of carboxylic acid groups (broad SMARTS) is 1. The predicted octanol–water partition coefficient (Wildman–Crippen LogP) is 4.51. The lowest BCUT2D eigenvalue weighted by Gasteiger charge is -2.31. The van der Waals surface area contributed by atoms with Crippen molar-refractivity contribution in [3.63, 3.8) is 0 Å². The molecule has 3 unspecified atom stereocenters. The molecule has 4 nitrogen and oxygen atoms in total. The highest BCUT2D eigenvalue weighted by Gasteiger charge is 2.61. The number of carbonyl (C=O) groups is 2. The van der Waals surface area contributed by atoms with E-state index in [1.807, 2.05) is 0 Å². The van der Waals surface area contributed by atoms with E-state index in [-0.39, 0.29) is 22.3 Å². The first kappa shape index (κ1) is 16.1. The normalized spacial score (nSPS) is 33.9. The van der Waals surface area contributed by atoms with E-state index in [4.69, 9.17) is 0 Å². The average molecular weight is 347 g/mol. The van der Waals surface area contributed by atoms with Crippen LogP contribution >= 0.6 is 11.3 Å². The average Bonchev–Trinajstić information content (AvgIpc) is 3.06. The van der Waals surface area contributed by atoms with Gasteiger partial charge in [0, 0.05) is 4.88 Å². The van der Waals surface area contributed by atoms with E-state index in [9.17, 15) is 14.7 Å². The molecule has 24 heavy (non-hydrogen) atoms. The monoisotopic (exact) mass is 347 g/mol. The third-order valence-electron chi connectivity index (χ3n) is 6.37. The molecule has 1 aromatic heterocycles. The van der Waals surface area contributed by atoms with E-state index in [1.165, 1.54) is 30.6 Å². The quantitative estimate of drug-likeness (QED) is 0.845. The summed E-state index contributed by atoms with van der Waals surface area (Å²) in [6, 6.07) is 1.72. The Morgan fingerprint density at radius 2 is 1.83 bits per heavy atom. The fourth-order valence-electron chi connectivity index (χ4n) is 5.41. The van der Waals surface area contributed by atoms with Gasteiger partial charge in [-0.1, -0.05) is 20.8 Å². The Morgan fingerprint density at radius 1 is 1.21 bits per heavy atom. The van der Waals surface area contributed by atoms with E-state index >= 15 is 0 Å². The molecule has 1 amide bonds. The molecule has 4 bridgehead atoms. The zero-order valence-electron chi connectivity index (χ0n) is 14.5.